The van der Waals surface area contributed by atoms with Crippen molar-refractivity contribution in [1.82, 2.24) is 15.6 Å². The van der Waals surface area contributed by atoms with Crippen LogP contribution < -0.4 is 15.5 Å². The Morgan fingerprint density at radius 3 is 2.52 bits per heavy atom. The number of benzene rings is 1. The van der Waals surface area contributed by atoms with Crippen LogP contribution in [0.25, 0.3) is 0 Å². The van der Waals surface area contributed by atoms with Crippen LogP contribution in [0.3, 0.4) is 0 Å². The number of hydrogen-bond acceptors (Lipinski definition) is 3. The highest BCUT2D eigenvalue weighted by atomic mass is 127. The Balaban J connectivity index is 0.00000312. The van der Waals surface area contributed by atoms with Crippen LogP contribution in [0.1, 0.15) is 16.8 Å². The zero-order chi connectivity index (χ0) is 17.5. The Hall–Kier alpha value is -1.90. The van der Waals surface area contributed by atoms with Crippen molar-refractivity contribution in [2.75, 3.05) is 26.0 Å². The number of aryl methyl sites for hydroxylation is 1. The predicted octanol–water partition coefficient (Wildman–Crippen LogP) is 3.08. The molecule has 2 rings (SSSR count). The van der Waals surface area contributed by atoms with E-state index >= 15 is 0 Å². The summed E-state index contributed by atoms with van der Waals surface area (Å²) in [6.45, 7) is 2.81. The predicted molar refractivity (Wildman–Crippen MR) is 112 cm³/mol. The van der Waals surface area contributed by atoms with Crippen LogP contribution in [-0.2, 0) is 13.1 Å². The normalized spacial score (nSPS) is 10.8. The largest absolute Gasteiger partial charge is 0.363 e. The van der Waals surface area contributed by atoms with Gasteiger partial charge in [-0.15, -0.1) is 24.0 Å². The van der Waals surface area contributed by atoms with Gasteiger partial charge in [-0.2, -0.15) is 0 Å². The fourth-order valence-corrected chi connectivity index (χ4v) is 2.14. The van der Waals surface area contributed by atoms with Crippen LogP contribution in [0.4, 0.5) is 10.2 Å². The minimum absolute atomic E-state index is 0. The molecule has 2 N–H and O–H groups in total. The summed E-state index contributed by atoms with van der Waals surface area (Å²) < 4.78 is 13.6. The molecule has 0 amide bonds. The quantitative estimate of drug-likeness (QED) is 0.412. The second kappa shape index (κ2) is 10.2. The highest BCUT2D eigenvalue weighted by molar-refractivity contribution is 14.0. The summed E-state index contributed by atoms with van der Waals surface area (Å²) in [5.74, 6) is 1.36. The summed E-state index contributed by atoms with van der Waals surface area (Å²) in [4.78, 5) is 10.7. The Morgan fingerprint density at radius 2 is 1.88 bits per heavy atom. The molecule has 0 aliphatic carbocycles. The molecular weight excluding hydrogens is 432 g/mol. The standard InChI is InChI=1S/C18H24FN5.HI/c1-13-8-9-14(10-16(13)19)11-21-18(20-2)22-12-15-6-5-7-17(23-15)24(3)4;/h5-10H,11-12H2,1-4H3,(H2,20,21,22);1H. The SMILES string of the molecule is CN=C(NCc1ccc(C)c(F)c1)NCc1cccc(N(C)C)n1.I. The molecule has 0 atom stereocenters. The molecule has 0 bridgehead atoms. The van der Waals surface area contributed by atoms with Crippen molar-refractivity contribution >= 4 is 35.8 Å². The lowest BCUT2D eigenvalue weighted by molar-refractivity contribution is 0.615. The van der Waals surface area contributed by atoms with E-state index in [1.807, 2.05) is 43.3 Å². The molecule has 0 fully saturated rings. The van der Waals surface area contributed by atoms with Gasteiger partial charge in [-0.3, -0.25) is 4.99 Å². The van der Waals surface area contributed by atoms with Crippen LogP contribution in [0.2, 0.25) is 0 Å². The number of rotatable bonds is 5. The third-order valence-electron chi connectivity index (χ3n) is 3.61. The summed E-state index contributed by atoms with van der Waals surface area (Å²) in [5, 5.41) is 6.39. The monoisotopic (exact) mass is 457 g/mol. The second-order valence-corrected chi connectivity index (χ2v) is 5.74. The van der Waals surface area contributed by atoms with Crippen molar-refractivity contribution in [3.63, 3.8) is 0 Å². The molecule has 0 saturated heterocycles. The summed E-state index contributed by atoms with van der Waals surface area (Å²) in [7, 11) is 5.62. The van der Waals surface area contributed by atoms with Gasteiger partial charge < -0.3 is 15.5 Å². The second-order valence-electron chi connectivity index (χ2n) is 5.74. The summed E-state index contributed by atoms with van der Waals surface area (Å²) in [6, 6.07) is 11.1. The highest BCUT2D eigenvalue weighted by Crippen LogP contribution is 2.09. The lowest BCUT2D eigenvalue weighted by atomic mass is 10.1. The van der Waals surface area contributed by atoms with Gasteiger partial charge in [0.05, 0.1) is 12.2 Å². The van der Waals surface area contributed by atoms with E-state index in [9.17, 15) is 4.39 Å². The fourth-order valence-electron chi connectivity index (χ4n) is 2.14. The van der Waals surface area contributed by atoms with Crippen molar-refractivity contribution in [2.45, 2.75) is 20.0 Å². The Labute approximate surface area is 165 Å². The number of anilines is 1. The van der Waals surface area contributed by atoms with E-state index < -0.39 is 0 Å². The maximum atomic E-state index is 13.6. The molecule has 0 spiro atoms. The number of aromatic nitrogens is 1. The zero-order valence-corrected chi connectivity index (χ0v) is 17.3. The molecule has 136 valence electrons. The van der Waals surface area contributed by atoms with Crippen molar-refractivity contribution in [3.05, 3.63) is 59.0 Å². The zero-order valence-electron chi connectivity index (χ0n) is 15.0. The molecule has 1 heterocycles. The lowest BCUT2D eigenvalue weighted by Gasteiger charge is -2.14. The van der Waals surface area contributed by atoms with E-state index in [2.05, 4.69) is 20.6 Å². The third kappa shape index (κ3) is 6.49. The van der Waals surface area contributed by atoms with Gasteiger partial charge in [0, 0.05) is 27.7 Å². The van der Waals surface area contributed by atoms with Gasteiger partial charge in [0.1, 0.15) is 11.6 Å². The first-order chi connectivity index (χ1) is 11.5. The molecule has 25 heavy (non-hydrogen) atoms. The van der Waals surface area contributed by atoms with Crippen LogP contribution >= 0.6 is 24.0 Å². The lowest BCUT2D eigenvalue weighted by Crippen LogP contribution is -2.36. The molecule has 0 saturated carbocycles. The maximum Gasteiger partial charge on any atom is 0.191 e. The van der Waals surface area contributed by atoms with Crippen molar-refractivity contribution in [1.29, 1.82) is 0 Å². The van der Waals surface area contributed by atoms with Crippen LogP contribution in [-0.4, -0.2) is 32.1 Å². The number of nitrogens with one attached hydrogen (secondary N) is 2. The van der Waals surface area contributed by atoms with E-state index in [0.717, 1.165) is 17.1 Å². The number of nitrogens with zero attached hydrogens (tertiary/aromatic N) is 3. The average molecular weight is 457 g/mol. The molecule has 0 radical (unpaired) electrons. The van der Waals surface area contributed by atoms with E-state index in [1.54, 1.807) is 20.0 Å². The molecule has 1 aromatic carbocycles. The van der Waals surface area contributed by atoms with E-state index in [4.69, 9.17) is 0 Å². The first-order valence-electron chi connectivity index (χ1n) is 7.82. The molecule has 7 heteroatoms. The molecule has 1 aromatic heterocycles. The summed E-state index contributed by atoms with van der Waals surface area (Å²) in [5.41, 5.74) is 2.44. The van der Waals surface area contributed by atoms with Crippen molar-refractivity contribution in [3.8, 4) is 0 Å². The summed E-state index contributed by atoms with van der Waals surface area (Å²) >= 11 is 0. The number of hydrogen-bond donors (Lipinski definition) is 2. The molecule has 5 nitrogen and oxygen atoms in total. The molecule has 0 aliphatic rings. The number of halogens is 2. The van der Waals surface area contributed by atoms with Crippen LogP contribution in [0.5, 0.6) is 0 Å². The smallest absolute Gasteiger partial charge is 0.191 e. The van der Waals surface area contributed by atoms with Crippen LogP contribution in [0, 0.1) is 12.7 Å². The first-order valence-corrected chi connectivity index (χ1v) is 7.82. The van der Waals surface area contributed by atoms with Gasteiger partial charge in [0.15, 0.2) is 5.96 Å². The molecule has 2 aromatic rings. The minimum atomic E-state index is -0.193. The van der Waals surface area contributed by atoms with Gasteiger partial charge in [-0.05, 0) is 36.2 Å². The molecular formula is C18H25FIN5. The van der Waals surface area contributed by atoms with Crippen molar-refractivity contribution < 1.29 is 4.39 Å². The topological polar surface area (TPSA) is 52.6 Å². The van der Waals surface area contributed by atoms with Gasteiger partial charge >= 0.3 is 0 Å². The third-order valence-corrected chi connectivity index (χ3v) is 3.61. The van der Waals surface area contributed by atoms with Crippen molar-refractivity contribution in [2.24, 2.45) is 4.99 Å². The fraction of sp³-hybridized carbons (Fsp3) is 0.333. The average Bonchev–Trinajstić information content (AvgIpc) is 2.58. The first kappa shape index (κ1) is 21.1. The van der Waals surface area contributed by atoms with Gasteiger partial charge in [-0.1, -0.05) is 18.2 Å². The van der Waals surface area contributed by atoms with Crippen LogP contribution in [0.15, 0.2) is 41.4 Å². The number of aliphatic imine (C=N–C) groups is 1. The number of pyridine rings is 1. The molecule has 0 aliphatic heterocycles. The summed E-state index contributed by atoms with van der Waals surface area (Å²) in [6.07, 6.45) is 0. The maximum absolute atomic E-state index is 13.6. The Bertz CT molecular complexity index is 718. The van der Waals surface area contributed by atoms with Gasteiger partial charge in [0.2, 0.25) is 0 Å². The molecule has 0 unspecified atom stereocenters. The van der Waals surface area contributed by atoms with Gasteiger partial charge in [-0.25, -0.2) is 9.37 Å². The van der Waals surface area contributed by atoms with E-state index in [1.165, 1.54) is 6.07 Å². The minimum Gasteiger partial charge on any atom is -0.363 e. The Morgan fingerprint density at radius 1 is 1.16 bits per heavy atom. The number of guanidine groups is 1. The van der Waals surface area contributed by atoms with E-state index in [-0.39, 0.29) is 29.8 Å². The highest BCUT2D eigenvalue weighted by Gasteiger charge is 2.03. The Kier molecular flexibility index (Phi) is 8.60. The van der Waals surface area contributed by atoms with Gasteiger partial charge in [0.25, 0.3) is 0 Å². The van der Waals surface area contributed by atoms with E-state index in [0.29, 0.717) is 24.6 Å².